The highest BCUT2D eigenvalue weighted by Gasteiger charge is 2.17. The van der Waals surface area contributed by atoms with Crippen molar-refractivity contribution >= 4 is 11.0 Å². The standard InChI is InChI=1S/C17H14N4/c1-11-9-12(2)20-17-13(11)6-7-16(21-17)14(10-18)15-5-3-4-8-19-15/h3-9,14H,1-2H3. The molecule has 1 atom stereocenters. The molecule has 0 radical (unpaired) electrons. The van der Waals surface area contributed by atoms with Crippen LogP contribution in [0.4, 0.5) is 0 Å². The van der Waals surface area contributed by atoms with Crippen LogP contribution in [0, 0.1) is 25.2 Å². The molecule has 1 unspecified atom stereocenters. The quantitative estimate of drug-likeness (QED) is 0.719. The van der Waals surface area contributed by atoms with Crippen LogP contribution in [0.3, 0.4) is 0 Å². The first-order chi connectivity index (χ1) is 10.2. The zero-order valence-corrected chi connectivity index (χ0v) is 11.9. The first kappa shape index (κ1) is 13.2. The van der Waals surface area contributed by atoms with Crippen molar-refractivity contribution in [2.24, 2.45) is 0 Å². The van der Waals surface area contributed by atoms with Gasteiger partial charge < -0.3 is 0 Å². The van der Waals surface area contributed by atoms with Gasteiger partial charge >= 0.3 is 0 Å². The number of aromatic nitrogens is 3. The normalized spacial score (nSPS) is 12.0. The highest BCUT2D eigenvalue weighted by atomic mass is 14.9. The van der Waals surface area contributed by atoms with E-state index in [2.05, 4.69) is 21.0 Å². The van der Waals surface area contributed by atoms with Gasteiger partial charge in [0.2, 0.25) is 0 Å². The predicted molar refractivity (Wildman–Crippen MR) is 80.7 cm³/mol. The molecule has 0 aromatic carbocycles. The Labute approximate surface area is 123 Å². The topological polar surface area (TPSA) is 62.5 Å². The summed E-state index contributed by atoms with van der Waals surface area (Å²) in [5.41, 5.74) is 4.14. The summed E-state index contributed by atoms with van der Waals surface area (Å²) in [6.07, 6.45) is 1.69. The van der Waals surface area contributed by atoms with Crippen LogP contribution in [-0.2, 0) is 0 Å². The third-order valence-corrected chi connectivity index (χ3v) is 3.44. The lowest BCUT2D eigenvalue weighted by atomic mass is 10.0. The summed E-state index contributed by atoms with van der Waals surface area (Å²) < 4.78 is 0. The van der Waals surface area contributed by atoms with Crippen molar-refractivity contribution in [3.05, 3.63) is 65.2 Å². The van der Waals surface area contributed by atoms with Gasteiger partial charge in [0.1, 0.15) is 5.92 Å². The van der Waals surface area contributed by atoms with Crippen molar-refractivity contribution in [2.75, 3.05) is 0 Å². The average Bonchev–Trinajstić information content (AvgIpc) is 2.48. The molecular weight excluding hydrogens is 260 g/mol. The van der Waals surface area contributed by atoms with Crippen LogP contribution in [0.5, 0.6) is 0 Å². The van der Waals surface area contributed by atoms with Crippen molar-refractivity contribution in [1.82, 2.24) is 15.0 Å². The molecule has 0 amide bonds. The molecule has 21 heavy (non-hydrogen) atoms. The third-order valence-electron chi connectivity index (χ3n) is 3.44. The minimum Gasteiger partial charge on any atom is -0.259 e. The lowest BCUT2D eigenvalue weighted by molar-refractivity contribution is 0.921. The molecule has 4 heteroatoms. The first-order valence-corrected chi connectivity index (χ1v) is 6.74. The lowest BCUT2D eigenvalue weighted by Crippen LogP contribution is -2.04. The summed E-state index contributed by atoms with van der Waals surface area (Å²) in [6.45, 7) is 3.99. The van der Waals surface area contributed by atoms with E-state index in [4.69, 9.17) is 0 Å². The van der Waals surface area contributed by atoms with Gasteiger partial charge in [-0.25, -0.2) is 9.97 Å². The molecule has 3 heterocycles. The van der Waals surface area contributed by atoms with Crippen molar-refractivity contribution in [2.45, 2.75) is 19.8 Å². The fourth-order valence-electron chi connectivity index (χ4n) is 2.44. The highest BCUT2D eigenvalue weighted by molar-refractivity contribution is 5.79. The molecule has 0 bridgehead atoms. The molecule has 3 rings (SSSR count). The van der Waals surface area contributed by atoms with Crippen LogP contribution < -0.4 is 0 Å². The van der Waals surface area contributed by atoms with E-state index >= 15 is 0 Å². The SMILES string of the molecule is Cc1cc(C)c2ccc(C(C#N)c3ccccn3)nc2n1. The second-order valence-corrected chi connectivity index (χ2v) is 5.00. The largest absolute Gasteiger partial charge is 0.259 e. The second kappa shape index (κ2) is 5.29. The molecule has 3 aromatic rings. The maximum Gasteiger partial charge on any atom is 0.159 e. The molecule has 0 N–H and O–H groups in total. The number of nitrogens with zero attached hydrogens (tertiary/aromatic N) is 4. The summed E-state index contributed by atoms with van der Waals surface area (Å²) in [5.74, 6) is -0.474. The van der Waals surface area contributed by atoms with Gasteiger partial charge in [-0.2, -0.15) is 5.26 Å². The Hall–Kier alpha value is -2.80. The Bertz CT molecular complexity index is 835. The van der Waals surface area contributed by atoms with Crippen molar-refractivity contribution < 1.29 is 0 Å². The Kier molecular flexibility index (Phi) is 3.33. The Morgan fingerprint density at radius 3 is 2.62 bits per heavy atom. The number of nitriles is 1. The van der Waals surface area contributed by atoms with Gasteiger partial charge in [-0.05, 0) is 49.7 Å². The summed E-state index contributed by atoms with van der Waals surface area (Å²) in [7, 11) is 0. The monoisotopic (exact) mass is 274 g/mol. The summed E-state index contributed by atoms with van der Waals surface area (Å²) in [6, 6.07) is 13.7. The highest BCUT2D eigenvalue weighted by Crippen LogP contribution is 2.24. The van der Waals surface area contributed by atoms with Gasteiger partial charge in [0.05, 0.1) is 17.5 Å². The Balaban J connectivity index is 2.14. The fourth-order valence-corrected chi connectivity index (χ4v) is 2.44. The van der Waals surface area contributed by atoms with E-state index in [-0.39, 0.29) is 0 Å². The van der Waals surface area contributed by atoms with Crippen molar-refractivity contribution in [3.63, 3.8) is 0 Å². The van der Waals surface area contributed by atoms with Gasteiger partial charge in [-0.15, -0.1) is 0 Å². The smallest absolute Gasteiger partial charge is 0.159 e. The van der Waals surface area contributed by atoms with E-state index in [1.54, 1.807) is 6.20 Å². The molecule has 0 aliphatic heterocycles. The first-order valence-electron chi connectivity index (χ1n) is 6.74. The van der Waals surface area contributed by atoms with E-state index < -0.39 is 5.92 Å². The zero-order chi connectivity index (χ0) is 14.8. The molecule has 0 spiro atoms. The molecule has 0 aliphatic rings. The van der Waals surface area contributed by atoms with Gasteiger partial charge in [0, 0.05) is 17.3 Å². The molecule has 102 valence electrons. The molecule has 0 saturated carbocycles. The summed E-state index contributed by atoms with van der Waals surface area (Å²) in [4.78, 5) is 13.3. The molecule has 4 nitrogen and oxygen atoms in total. The molecular formula is C17H14N4. The van der Waals surface area contributed by atoms with Gasteiger partial charge in [-0.3, -0.25) is 4.98 Å². The second-order valence-electron chi connectivity index (χ2n) is 5.00. The Morgan fingerprint density at radius 1 is 1.05 bits per heavy atom. The maximum absolute atomic E-state index is 9.46. The zero-order valence-electron chi connectivity index (χ0n) is 11.9. The van der Waals surface area contributed by atoms with E-state index in [1.807, 2.05) is 50.2 Å². The van der Waals surface area contributed by atoms with Crippen LogP contribution in [0.15, 0.2) is 42.6 Å². The number of rotatable bonds is 2. The van der Waals surface area contributed by atoms with Crippen LogP contribution >= 0.6 is 0 Å². The Morgan fingerprint density at radius 2 is 1.90 bits per heavy atom. The fraction of sp³-hybridized carbons (Fsp3) is 0.176. The van der Waals surface area contributed by atoms with Gasteiger partial charge in [0.15, 0.2) is 5.65 Å². The van der Waals surface area contributed by atoms with E-state index in [0.29, 0.717) is 17.0 Å². The molecule has 0 saturated heterocycles. The van der Waals surface area contributed by atoms with Gasteiger partial charge in [0.25, 0.3) is 0 Å². The number of fused-ring (bicyclic) bond motifs is 1. The van der Waals surface area contributed by atoms with Crippen LogP contribution in [0.2, 0.25) is 0 Å². The predicted octanol–water partition coefficient (Wildman–Crippen LogP) is 3.30. The van der Waals surface area contributed by atoms with E-state index in [1.165, 1.54) is 0 Å². The van der Waals surface area contributed by atoms with Crippen molar-refractivity contribution in [3.8, 4) is 6.07 Å². The summed E-state index contributed by atoms with van der Waals surface area (Å²) >= 11 is 0. The summed E-state index contributed by atoms with van der Waals surface area (Å²) in [5, 5.41) is 10.5. The number of aryl methyl sites for hydroxylation is 2. The minimum absolute atomic E-state index is 0.474. The maximum atomic E-state index is 9.46. The average molecular weight is 274 g/mol. The van der Waals surface area contributed by atoms with Gasteiger partial charge in [-0.1, -0.05) is 6.07 Å². The van der Waals surface area contributed by atoms with E-state index in [9.17, 15) is 5.26 Å². The van der Waals surface area contributed by atoms with E-state index in [0.717, 1.165) is 16.6 Å². The molecule has 0 fully saturated rings. The minimum atomic E-state index is -0.474. The van der Waals surface area contributed by atoms with Crippen LogP contribution in [0.1, 0.15) is 28.6 Å². The lowest BCUT2D eigenvalue weighted by Gasteiger charge is -2.10. The van der Waals surface area contributed by atoms with Crippen LogP contribution in [-0.4, -0.2) is 15.0 Å². The van der Waals surface area contributed by atoms with Crippen molar-refractivity contribution in [1.29, 1.82) is 5.26 Å². The van der Waals surface area contributed by atoms with Crippen LogP contribution in [0.25, 0.3) is 11.0 Å². The number of hydrogen-bond acceptors (Lipinski definition) is 4. The number of hydrogen-bond donors (Lipinski definition) is 0. The molecule has 0 aliphatic carbocycles. The molecule has 3 aromatic heterocycles. The third kappa shape index (κ3) is 2.46. The number of pyridine rings is 3.